The van der Waals surface area contributed by atoms with Crippen LogP contribution in [0.2, 0.25) is 0 Å². The Balaban J connectivity index is 1.14. The van der Waals surface area contributed by atoms with E-state index in [1.54, 1.807) is 0 Å². The summed E-state index contributed by atoms with van der Waals surface area (Å²) in [5, 5.41) is 5.13. The van der Waals surface area contributed by atoms with E-state index < -0.39 is 0 Å². The van der Waals surface area contributed by atoms with Crippen molar-refractivity contribution in [2.45, 2.75) is 24.8 Å². The first kappa shape index (κ1) is 31.1. The van der Waals surface area contributed by atoms with Crippen LogP contribution in [0.25, 0.3) is 71.6 Å². The molecule has 1 aliphatic carbocycles. The molecule has 10 aromatic rings. The van der Waals surface area contributed by atoms with Gasteiger partial charge in [0.05, 0.1) is 27.8 Å². The van der Waals surface area contributed by atoms with E-state index in [9.17, 15) is 0 Å². The lowest BCUT2D eigenvalue weighted by molar-refractivity contribution is -0.596. The number of benzene rings is 8. The number of aromatic nitrogens is 2. The lowest BCUT2D eigenvalue weighted by Gasteiger charge is -2.36. The molecule has 2 aliphatic heterocycles. The zero-order valence-electron chi connectivity index (χ0n) is 30.5. The van der Waals surface area contributed by atoms with Crippen LogP contribution < -0.4 is 26.1 Å². The molecule has 2 unspecified atom stereocenters. The number of hydrogen-bond donors (Lipinski definition) is 1. The maximum atomic E-state index is 4.15. The minimum absolute atomic E-state index is 0.294. The molecule has 0 fully saturated rings. The van der Waals surface area contributed by atoms with E-state index in [2.05, 4.69) is 184 Å². The predicted molar refractivity (Wildman–Crippen MR) is 227 cm³/mol. The highest BCUT2D eigenvalue weighted by atomic mass is 127. The largest absolute Gasteiger partial charge is 0.358 e. The van der Waals surface area contributed by atoms with Crippen LogP contribution in [0.15, 0.2) is 170 Å². The van der Waals surface area contributed by atoms with Crippen molar-refractivity contribution in [3.05, 3.63) is 194 Å². The molecule has 0 saturated carbocycles. The maximum Gasteiger partial charge on any atom is 0.358 e. The van der Waals surface area contributed by atoms with Gasteiger partial charge in [-0.2, -0.15) is 0 Å². The third kappa shape index (κ3) is 4.28. The van der Waals surface area contributed by atoms with Crippen molar-refractivity contribution in [1.29, 1.82) is 0 Å². The number of rotatable bonds is 4. The Labute approximate surface area is 335 Å². The van der Waals surface area contributed by atoms with Gasteiger partial charge in [0, 0.05) is 50.4 Å². The Bertz CT molecular complexity index is 3260. The monoisotopic (exact) mass is 828 g/mol. The van der Waals surface area contributed by atoms with E-state index in [4.69, 9.17) is 0 Å². The highest BCUT2D eigenvalue weighted by Gasteiger charge is 2.44. The van der Waals surface area contributed by atoms with Gasteiger partial charge < -0.3 is 14.5 Å². The summed E-state index contributed by atoms with van der Waals surface area (Å²) in [5.74, 6) is 0.410. The molecular weight excluding hydrogens is 793 g/mol. The molecule has 4 heterocycles. The van der Waals surface area contributed by atoms with Crippen LogP contribution in [0.1, 0.15) is 22.6 Å². The molecule has 4 bridgehead atoms. The molecule has 3 nitrogen and oxygen atoms in total. The number of aromatic amines is 1. The van der Waals surface area contributed by atoms with Crippen molar-refractivity contribution < 1.29 is 21.2 Å². The van der Waals surface area contributed by atoms with Gasteiger partial charge in [-0.25, -0.2) is 0 Å². The van der Waals surface area contributed by atoms with Crippen LogP contribution in [0.4, 0.5) is 11.4 Å². The smallest absolute Gasteiger partial charge is 0.351 e. The number of halogens is 1. The Morgan fingerprint density at radius 3 is 2.20 bits per heavy atom. The van der Waals surface area contributed by atoms with Crippen LogP contribution in [-0.2, 0) is 12.8 Å². The average Bonchev–Trinajstić information content (AvgIpc) is 3.90. The Hall–Kier alpha value is -6.11. The first-order valence-corrected chi connectivity index (χ1v) is 21.8. The Morgan fingerprint density at radius 2 is 1.27 bits per heavy atom. The average molecular weight is 829 g/mol. The van der Waals surface area contributed by atoms with Crippen LogP contribution in [0, 0.1) is 7.14 Å². The highest BCUT2D eigenvalue weighted by Crippen LogP contribution is 2.54. The summed E-state index contributed by atoms with van der Waals surface area (Å²) in [5.41, 5.74) is 18.5. The number of nitrogens with one attached hydrogen (secondary N) is 1. The van der Waals surface area contributed by atoms with Gasteiger partial charge in [0.25, 0.3) is 0 Å². The number of para-hydroxylation sites is 2. The minimum Gasteiger partial charge on any atom is -0.351 e. The molecule has 264 valence electrons. The number of hydrogen-bond acceptors (Lipinski definition) is 1. The van der Waals surface area contributed by atoms with E-state index in [1.165, 1.54) is 107 Å². The van der Waals surface area contributed by atoms with E-state index >= 15 is 0 Å². The molecule has 4 heteroatoms. The van der Waals surface area contributed by atoms with Gasteiger partial charge in [0.15, 0.2) is 3.57 Å². The second kappa shape index (κ2) is 11.7. The summed E-state index contributed by atoms with van der Waals surface area (Å²) >= 11 is -0.359. The fraction of sp³-hybridized carbons (Fsp3) is 0.0769. The SMILES string of the molecule is c1ccc([I+]c2ccccc2-c2ccccc2-c2cc3c4[nH]c5c(ccc6c7ccccc7n(c65)-c5cccc6c5CC5C(C6)c6ccccc6N35)c4c2)cc1. The second-order valence-corrected chi connectivity index (χ2v) is 18.6. The van der Waals surface area contributed by atoms with Crippen molar-refractivity contribution in [2.75, 3.05) is 4.90 Å². The normalized spacial score (nSPS) is 16.5. The Morgan fingerprint density at radius 1 is 0.518 bits per heavy atom. The van der Waals surface area contributed by atoms with Crippen molar-refractivity contribution >= 4 is 55.0 Å². The number of H-pyrrole nitrogens is 1. The quantitative estimate of drug-likeness (QED) is 0.176. The molecule has 13 rings (SSSR count). The van der Waals surface area contributed by atoms with Crippen LogP contribution in [-0.4, -0.2) is 15.6 Å². The first-order valence-electron chi connectivity index (χ1n) is 19.7. The third-order valence-electron chi connectivity index (χ3n) is 12.8. The van der Waals surface area contributed by atoms with Crippen molar-refractivity contribution in [3.8, 4) is 27.9 Å². The molecule has 2 atom stereocenters. The zero-order valence-corrected chi connectivity index (χ0v) is 32.7. The van der Waals surface area contributed by atoms with Gasteiger partial charge >= 0.3 is 21.2 Å². The molecular formula is C52H35IN3+. The summed E-state index contributed by atoms with van der Waals surface area (Å²) in [4.78, 5) is 6.88. The standard InChI is InChI=1S/C52H35IN3/c1-2-14-33(15-3-1)53-44-21-9-6-18-36(44)35-17-5-4-16-34(35)32-28-43-39-25-26-40-37-19-7-11-23-46(37)56-47-24-12-13-31-27-42-38-20-8-10-22-45(38)55(48(42)30-41(31)47)49(29-32)50(43)54-51(39)52(40)56/h1-26,28-29,42,48,54H,27,30H2/q+1. The van der Waals surface area contributed by atoms with Gasteiger partial charge in [-0.05, 0) is 101 Å². The van der Waals surface area contributed by atoms with E-state index in [0.717, 1.165) is 12.8 Å². The van der Waals surface area contributed by atoms with Crippen LogP contribution in [0.3, 0.4) is 0 Å². The molecule has 0 amide bonds. The van der Waals surface area contributed by atoms with Gasteiger partial charge in [-0.3, -0.25) is 0 Å². The summed E-state index contributed by atoms with van der Waals surface area (Å²) in [7, 11) is 0. The first-order chi connectivity index (χ1) is 27.8. The molecule has 3 aliphatic rings. The fourth-order valence-electron chi connectivity index (χ4n) is 10.5. The highest BCUT2D eigenvalue weighted by molar-refractivity contribution is 6.24. The topological polar surface area (TPSA) is 24.0 Å². The Kier molecular flexibility index (Phi) is 6.51. The summed E-state index contributed by atoms with van der Waals surface area (Å²) < 4.78 is 5.47. The van der Waals surface area contributed by atoms with Gasteiger partial charge in [-0.15, -0.1) is 0 Å². The lowest BCUT2D eigenvalue weighted by Crippen LogP contribution is -3.61. The molecule has 8 aromatic carbocycles. The van der Waals surface area contributed by atoms with E-state index in [-0.39, 0.29) is 21.2 Å². The van der Waals surface area contributed by atoms with Gasteiger partial charge in [0.1, 0.15) is 0 Å². The van der Waals surface area contributed by atoms with Crippen LogP contribution >= 0.6 is 0 Å². The molecule has 0 radical (unpaired) electrons. The molecule has 0 saturated heterocycles. The molecule has 2 aromatic heterocycles. The van der Waals surface area contributed by atoms with Crippen molar-refractivity contribution in [3.63, 3.8) is 0 Å². The van der Waals surface area contributed by atoms with Gasteiger partial charge in [0.2, 0.25) is 3.57 Å². The minimum atomic E-state index is -0.359. The van der Waals surface area contributed by atoms with Crippen LogP contribution in [0.5, 0.6) is 0 Å². The lowest BCUT2D eigenvalue weighted by atomic mass is 9.78. The second-order valence-electron chi connectivity index (χ2n) is 15.6. The van der Waals surface area contributed by atoms with E-state index in [1.807, 2.05) is 0 Å². The van der Waals surface area contributed by atoms with E-state index in [0.29, 0.717) is 12.0 Å². The molecule has 56 heavy (non-hydrogen) atoms. The summed E-state index contributed by atoms with van der Waals surface area (Å²) in [6.45, 7) is 0. The molecule has 0 spiro atoms. The van der Waals surface area contributed by atoms with Crippen molar-refractivity contribution in [2.24, 2.45) is 0 Å². The van der Waals surface area contributed by atoms with Gasteiger partial charge in [-0.1, -0.05) is 115 Å². The number of nitrogens with zero attached hydrogens (tertiary/aromatic N) is 2. The van der Waals surface area contributed by atoms with Crippen molar-refractivity contribution in [1.82, 2.24) is 9.55 Å². The zero-order chi connectivity index (χ0) is 36.5. The fourth-order valence-corrected chi connectivity index (χ4v) is 13.1. The number of anilines is 2. The molecule has 1 N–H and O–H groups in total. The maximum absolute atomic E-state index is 4.15. The predicted octanol–water partition coefficient (Wildman–Crippen LogP) is 9.60. The summed E-state index contributed by atoms with van der Waals surface area (Å²) in [6, 6.07) is 64.5. The third-order valence-corrected chi connectivity index (χ3v) is 15.7. The number of fused-ring (bicyclic) bond motifs is 9. The summed E-state index contributed by atoms with van der Waals surface area (Å²) in [6.07, 6.45) is 2.02.